The maximum absolute atomic E-state index is 12.3. The van der Waals surface area contributed by atoms with Gasteiger partial charge >= 0.3 is 6.03 Å². The van der Waals surface area contributed by atoms with Crippen LogP contribution in [-0.2, 0) is 0 Å². The third-order valence-corrected chi connectivity index (χ3v) is 4.07. The lowest BCUT2D eigenvalue weighted by Gasteiger charge is -2.09. The molecule has 3 N–H and O–H groups in total. The molecule has 0 aliphatic heterocycles. The highest BCUT2D eigenvalue weighted by Gasteiger charge is 2.12. The summed E-state index contributed by atoms with van der Waals surface area (Å²) in [6, 6.07) is 14.3. The molecule has 0 saturated heterocycles. The van der Waals surface area contributed by atoms with Gasteiger partial charge in [-0.1, -0.05) is 29.8 Å². The number of aromatic hydroxyl groups is 1. The van der Waals surface area contributed by atoms with Gasteiger partial charge in [0.25, 0.3) is 5.91 Å². The van der Waals surface area contributed by atoms with Crippen LogP contribution in [0.5, 0.6) is 5.75 Å². The number of phenols is 1. The van der Waals surface area contributed by atoms with Crippen LogP contribution >= 0.6 is 11.6 Å². The Balaban J connectivity index is 1.75. The summed E-state index contributed by atoms with van der Waals surface area (Å²) in [5.74, 6) is -0.322. The van der Waals surface area contributed by atoms with Crippen LogP contribution < -0.4 is 10.6 Å². The molecule has 0 unspecified atom stereocenters. The molecule has 0 radical (unpaired) electrons. The summed E-state index contributed by atoms with van der Waals surface area (Å²) in [7, 11) is 0. The van der Waals surface area contributed by atoms with Gasteiger partial charge in [0.2, 0.25) is 0 Å². The van der Waals surface area contributed by atoms with Crippen LogP contribution in [0.3, 0.4) is 0 Å². The average Bonchev–Trinajstić information content (AvgIpc) is 2.57. The maximum atomic E-state index is 12.3. The Labute approximate surface area is 149 Å². The summed E-state index contributed by atoms with van der Waals surface area (Å²) < 4.78 is 0. The van der Waals surface area contributed by atoms with Crippen molar-refractivity contribution in [2.75, 3.05) is 5.32 Å². The molecule has 0 bridgehead atoms. The van der Waals surface area contributed by atoms with Gasteiger partial charge in [-0.15, -0.1) is 0 Å². The Morgan fingerprint density at radius 2 is 1.84 bits per heavy atom. The van der Waals surface area contributed by atoms with Crippen molar-refractivity contribution in [3.63, 3.8) is 0 Å². The molecule has 0 aromatic heterocycles. The normalized spacial score (nSPS) is 10.5. The second-order valence-corrected chi connectivity index (χ2v) is 6.00. The van der Waals surface area contributed by atoms with Crippen molar-refractivity contribution in [1.82, 2.24) is 5.32 Å². The Bertz CT molecular complexity index is 986. The number of urea groups is 1. The number of halogens is 1. The van der Waals surface area contributed by atoms with Gasteiger partial charge in [-0.3, -0.25) is 10.1 Å². The number of nitrogens with one attached hydrogen (secondary N) is 2. The van der Waals surface area contributed by atoms with Gasteiger partial charge in [0.1, 0.15) is 5.75 Å². The van der Waals surface area contributed by atoms with Crippen molar-refractivity contribution in [2.24, 2.45) is 0 Å². The summed E-state index contributed by atoms with van der Waals surface area (Å²) >= 11 is 5.85. The van der Waals surface area contributed by atoms with E-state index in [-0.39, 0.29) is 5.75 Å². The number of rotatable bonds is 2. The van der Waals surface area contributed by atoms with Gasteiger partial charge in [0, 0.05) is 16.3 Å². The number of carbonyl (C=O) groups is 2. The van der Waals surface area contributed by atoms with E-state index in [0.717, 1.165) is 16.3 Å². The van der Waals surface area contributed by atoms with E-state index >= 15 is 0 Å². The third-order valence-electron chi connectivity index (χ3n) is 3.83. The molecule has 0 heterocycles. The van der Waals surface area contributed by atoms with Crippen molar-refractivity contribution in [3.8, 4) is 5.75 Å². The molecule has 3 rings (SSSR count). The molecule has 126 valence electrons. The first-order valence-electron chi connectivity index (χ1n) is 7.54. The molecule has 3 aromatic carbocycles. The molecule has 3 aromatic rings. The fourth-order valence-corrected chi connectivity index (χ4v) is 2.71. The number of anilines is 1. The summed E-state index contributed by atoms with van der Waals surface area (Å²) in [4.78, 5) is 24.2. The van der Waals surface area contributed by atoms with Crippen LogP contribution in [-0.4, -0.2) is 17.0 Å². The van der Waals surface area contributed by atoms with E-state index in [1.165, 1.54) is 0 Å². The van der Waals surface area contributed by atoms with E-state index < -0.39 is 11.9 Å². The highest BCUT2D eigenvalue weighted by molar-refractivity contribution is 6.30. The quantitative estimate of drug-likeness (QED) is 0.635. The Kier molecular flexibility index (Phi) is 4.59. The Morgan fingerprint density at radius 3 is 2.60 bits per heavy atom. The predicted octanol–water partition coefficient (Wildman–Crippen LogP) is 4.47. The predicted molar refractivity (Wildman–Crippen MR) is 98.3 cm³/mol. The molecule has 0 spiro atoms. The number of carbonyl (C=O) groups excluding carboxylic acids is 2. The van der Waals surface area contributed by atoms with Crippen molar-refractivity contribution in [3.05, 3.63) is 70.7 Å². The van der Waals surface area contributed by atoms with Crippen LogP contribution in [0.2, 0.25) is 5.02 Å². The molecular formula is C19H15ClN2O3. The van der Waals surface area contributed by atoms with Gasteiger partial charge in [-0.25, -0.2) is 4.79 Å². The molecule has 0 aliphatic carbocycles. The third kappa shape index (κ3) is 3.72. The number of hydrogen-bond donors (Lipinski definition) is 3. The van der Waals surface area contributed by atoms with Crippen molar-refractivity contribution >= 4 is 40.0 Å². The second-order valence-electron chi connectivity index (χ2n) is 5.56. The van der Waals surface area contributed by atoms with Crippen LogP contribution in [0.15, 0.2) is 54.6 Å². The number of aryl methyl sites for hydroxylation is 1. The summed E-state index contributed by atoms with van der Waals surface area (Å²) in [6.07, 6.45) is 0. The van der Waals surface area contributed by atoms with Gasteiger partial charge in [0.05, 0.1) is 0 Å². The SMILES string of the molecule is Cc1c(O)ccc2cc(C(=O)NC(=O)Nc3cccc(Cl)c3)ccc12. The molecule has 6 heteroatoms. The van der Waals surface area contributed by atoms with Crippen LogP contribution in [0.1, 0.15) is 15.9 Å². The Morgan fingerprint density at radius 1 is 1.04 bits per heavy atom. The fourth-order valence-electron chi connectivity index (χ4n) is 2.52. The minimum absolute atomic E-state index is 0.200. The van der Waals surface area contributed by atoms with Crippen molar-refractivity contribution in [1.29, 1.82) is 0 Å². The summed E-state index contributed by atoms with van der Waals surface area (Å²) in [5, 5.41) is 16.7. The second kappa shape index (κ2) is 6.83. The molecule has 0 saturated carbocycles. The first kappa shape index (κ1) is 16.8. The summed E-state index contributed by atoms with van der Waals surface area (Å²) in [5.41, 5.74) is 1.57. The largest absolute Gasteiger partial charge is 0.508 e. The molecular weight excluding hydrogens is 340 g/mol. The first-order valence-corrected chi connectivity index (χ1v) is 7.92. The molecule has 0 aliphatic rings. The standard InChI is InChI=1S/C19H15ClN2O3/c1-11-16-7-5-13(9-12(16)6-8-17(11)23)18(24)22-19(25)21-15-4-2-3-14(20)10-15/h2-10,23H,1H3,(H2,21,22,24,25). The number of amides is 3. The number of imide groups is 1. The maximum Gasteiger partial charge on any atom is 0.326 e. The van der Waals surface area contributed by atoms with Gasteiger partial charge in [-0.2, -0.15) is 0 Å². The lowest BCUT2D eigenvalue weighted by atomic mass is 10.0. The van der Waals surface area contributed by atoms with Crippen LogP contribution in [0.25, 0.3) is 10.8 Å². The average molecular weight is 355 g/mol. The smallest absolute Gasteiger partial charge is 0.326 e. The lowest BCUT2D eigenvalue weighted by molar-refractivity contribution is 0.0967. The molecule has 0 atom stereocenters. The lowest BCUT2D eigenvalue weighted by Crippen LogP contribution is -2.34. The van der Waals surface area contributed by atoms with Gasteiger partial charge < -0.3 is 10.4 Å². The molecule has 0 fully saturated rings. The first-order chi connectivity index (χ1) is 11.9. The van der Waals surface area contributed by atoms with E-state index in [9.17, 15) is 14.7 Å². The van der Waals surface area contributed by atoms with E-state index in [1.54, 1.807) is 61.5 Å². The fraction of sp³-hybridized carbons (Fsp3) is 0.0526. The van der Waals surface area contributed by atoms with E-state index in [1.807, 2.05) is 0 Å². The minimum Gasteiger partial charge on any atom is -0.508 e. The number of phenolic OH excluding ortho intramolecular Hbond substituents is 1. The summed E-state index contributed by atoms with van der Waals surface area (Å²) in [6.45, 7) is 1.80. The monoisotopic (exact) mass is 354 g/mol. The van der Waals surface area contributed by atoms with Gasteiger partial charge in [0.15, 0.2) is 0 Å². The highest BCUT2D eigenvalue weighted by atomic mass is 35.5. The van der Waals surface area contributed by atoms with E-state index in [0.29, 0.717) is 16.3 Å². The Hall–Kier alpha value is -3.05. The van der Waals surface area contributed by atoms with Crippen LogP contribution in [0.4, 0.5) is 10.5 Å². The van der Waals surface area contributed by atoms with E-state index in [4.69, 9.17) is 11.6 Å². The van der Waals surface area contributed by atoms with Gasteiger partial charge in [-0.05, 0) is 59.7 Å². The molecule has 5 nitrogen and oxygen atoms in total. The van der Waals surface area contributed by atoms with E-state index in [2.05, 4.69) is 10.6 Å². The number of hydrogen-bond acceptors (Lipinski definition) is 3. The highest BCUT2D eigenvalue weighted by Crippen LogP contribution is 2.26. The zero-order valence-electron chi connectivity index (χ0n) is 13.3. The topological polar surface area (TPSA) is 78.4 Å². The van der Waals surface area contributed by atoms with Crippen molar-refractivity contribution in [2.45, 2.75) is 6.92 Å². The zero-order valence-corrected chi connectivity index (χ0v) is 14.1. The zero-order chi connectivity index (χ0) is 18.0. The minimum atomic E-state index is -0.644. The molecule has 25 heavy (non-hydrogen) atoms. The van der Waals surface area contributed by atoms with Crippen LogP contribution in [0, 0.1) is 6.92 Å². The number of benzene rings is 3. The van der Waals surface area contributed by atoms with Crippen molar-refractivity contribution < 1.29 is 14.7 Å². The number of fused-ring (bicyclic) bond motifs is 1. The molecule has 3 amide bonds.